The van der Waals surface area contributed by atoms with Crippen LogP contribution in [0.25, 0.3) is 0 Å². The summed E-state index contributed by atoms with van der Waals surface area (Å²) in [6.45, 7) is 0. The molecule has 0 amide bonds. The molecule has 74 valence electrons. The number of carbonyl (C=O) groups excluding carboxylic acids is 2. The second-order valence-corrected chi connectivity index (χ2v) is 4.03. The minimum Gasteiger partial charge on any atom is -0.298 e. The third kappa shape index (κ3) is 1.88. The van der Waals surface area contributed by atoms with E-state index in [2.05, 4.69) is 0 Å². The minimum atomic E-state index is 0.450. The normalized spacial score (nSPS) is 11.1. The summed E-state index contributed by atoms with van der Waals surface area (Å²) in [6, 6.07) is 5.29. The van der Waals surface area contributed by atoms with Gasteiger partial charge in [0.1, 0.15) is 5.69 Å². The van der Waals surface area contributed by atoms with E-state index in [0.717, 1.165) is 12.0 Å². The van der Waals surface area contributed by atoms with Crippen LogP contribution >= 0.6 is 0 Å². The molecule has 0 saturated carbocycles. The van der Waals surface area contributed by atoms with Crippen LogP contribution in [-0.4, -0.2) is 33.7 Å². The van der Waals surface area contributed by atoms with Gasteiger partial charge in [0.2, 0.25) is 0 Å². The van der Waals surface area contributed by atoms with Gasteiger partial charge >= 0.3 is 0 Å². The molecule has 0 atom stereocenters. The molecule has 14 heavy (non-hydrogen) atoms. The SMILES string of the molecule is C[N+](C)(C)c1cccc(C=O)c1C=O. The number of carbonyl (C=O) groups is 2. The number of quaternary nitrogens is 1. The van der Waals surface area contributed by atoms with E-state index >= 15 is 0 Å². The first-order valence-corrected chi connectivity index (χ1v) is 4.36. The molecule has 1 rings (SSSR count). The fourth-order valence-corrected chi connectivity index (χ4v) is 1.39. The number of aldehydes is 2. The Kier molecular flexibility index (Phi) is 2.81. The van der Waals surface area contributed by atoms with Crippen LogP contribution in [0.5, 0.6) is 0 Å². The third-order valence-corrected chi connectivity index (χ3v) is 2.08. The van der Waals surface area contributed by atoms with Crippen LogP contribution in [0.1, 0.15) is 20.7 Å². The molecule has 0 aliphatic carbocycles. The molecule has 0 bridgehead atoms. The lowest BCUT2D eigenvalue weighted by Gasteiger charge is -2.25. The van der Waals surface area contributed by atoms with Crippen molar-refractivity contribution in [3.8, 4) is 0 Å². The Morgan fingerprint density at radius 2 is 1.71 bits per heavy atom. The molecular formula is C11H14NO2+. The van der Waals surface area contributed by atoms with E-state index in [1.165, 1.54) is 0 Å². The maximum absolute atomic E-state index is 10.9. The zero-order valence-electron chi connectivity index (χ0n) is 8.65. The molecule has 0 fully saturated rings. The number of benzene rings is 1. The predicted molar refractivity (Wildman–Crippen MR) is 56.8 cm³/mol. The minimum absolute atomic E-state index is 0.450. The van der Waals surface area contributed by atoms with Gasteiger partial charge in [0.25, 0.3) is 0 Å². The molecule has 0 unspecified atom stereocenters. The van der Waals surface area contributed by atoms with E-state index in [1.807, 2.05) is 27.2 Å². The van der Waals surface area contributed by atoms with Crippen LogP contribution in [-0.2, 0) is 0 Å². The van der Waals surface area contributed by atoms with Crippen molar-refractivity contribution in [1.29, 1.82) is 0 Å². The molecule has 3 nitrogen and oxygen atoms in total. The predicted octanol–water partition coefficient (Wildman–Crippen LogP) is 1.51. The average molecular weight is 192 g/mol. The van der Waals surface area contributed by atoms with Gasteiger partial charge in [-0.25, -0.2) is 0 Å². The highest BCUT2D eigenvalue weighted by Gasteiger charge is 2.19. The summed E-state index contributed by atoms with van der Waals surface area (Å²) in [5.74, 6) is 0. The monoisotopic (exact) mass is 192 g/mol. The molecule has 1 aromatic rings. The maximum Gasteiger partial charge on any atom is 0.156 e. The van der Waals surface area contributed by atoms with Gasteiger partial charge in [-0.15, -0.1) is 0 Å². The van der Waals surface area contributed by atoms with E-state index in [-0.39, 0.29) is 0 Å². The van der Waals surface area contributed by atoms with Crippen molar-refractivity contribution in [2.24, 2.45) is 0 Å². The molecule has 0 aliphatic rings. The van der Waals surface area contributed by atoms with E-state index in [1.54, 1.807) is 12.1 Å². The van der Waals surface area contributed by atoms with Gasteiger partial charge in [0.15, 0.2) is 12.6 Å². The fraction of sp³-hybridized carbons (Fsp3) is 0.273. The highest BCUT2D eigenvalue weighted by Crippen LogP contribution is 2.23. The molecule has 0 aromatic heterocycles. The Morgan fingerprint density at radius 3 is 2.14 bits per heavy atom. The molecule has 0 N–H and O–H groups in total. The number of nitrogens with zero attached hydrogens (tertiary/aromatic N) is 1. The van der Waals surface area contributed by atoms with E-state index < -0.39 is 0 Å². The Balaban J connectivity index is 3.44. The van der Waals surface area contributed by atoms with Gasteiger partial charge in [0, 0.05) is 5.56 Å². The molecule has 1 aromatic carbocycles. The Hall–Kier alpha value is -1.48. The number of hydrogen-bond acceptors (Lipinski definition) is 2. The summed E-state index contributed by atoms with van der Waals surface area (Å²) in [6.07, 6.45) is 1.45. The zero-order chi connectivity index (χ0) is 10.8. The molecule has 3 heteroatoms. The first-order chi connectivity index (χ1) is 6.50. The van der Waals surface area contributed by atoms with Crippen molar-refractivity contribution in [1.82, 2.24) is 4.48 Å². The van der Waals surface area contributed by atoms with Crippen molar-refractivity contribution in [2.45, 2.75) is 0 Å². The summed E-state index contributed by atoms with van der Waals surface area (Å²) < 4.78 is 0.524. The van der Waals surface area contributed by atoms with Crippen LogP contribution in [0.3, 0.4) is 0 Å². The van der Waals surface area contributed by atoms with Gasteiger partial charge in [-0.2, -0.15) is 0 Å². The summed E-state index contributed by atoms with van der Waals surface area (Å²) in [5, 5.41) is 0. The van der Waals surface area contributed by atoms with Crippen molar-refractivity contribution in [2.75, 3.05) is 21.1 Å². The van der Waals surface area contributed by atoms with Crippen LogP contribution in [0.2, 0.25) is 0 Å². The molecular weight excluding hydrogens is 178 g/mol. The quantitative estimate of drug-likeness (QED) is 0.537. The lowest BCUT2D eigenvalue weighted by atomic mass is 10.1. The lowest BCUT2D eigenvalue weighted by molar-refractivity contribution is 0.109. The topological polar surface area (TPSA) is 34.1 Å². The Morgan fingerprint density at radius 1 is 1.07 bits per heavy atom. The van der Waals surface area contributed by atoms with Crippen LogP contribution in [0.15, 0.2) is 18.2 Å². The highest BCUT2D eigenvalue weighted by molar-refractivity contribution is 5.95. The standard InChI is InChI=1S/C11H14NO2/c1-12(2,3)11-6-4-5-9(7-13)10(11)8-14/h4-8H,1-3H3/q+1. The van der Waals surface area contributed by atoms with E-state index in [0.29, 0.717) is 21.9 Å². The highest BCUT2D eigenvalue weighted by atomic mass is 16.1. The fourth-order valence-electron chi connectivity index (χ4n) is 1.39. The van der Waals surface area contributed by atoms with Gasteiger partial charge in [-0.05, 0) is 6.07 Å². The van der Waals surface area contributed by atoms with Gasteiger partial charge < -0.3 is 0 Å². The van der Waals surface area contributed by atoms with Crippen LogP contribution in [0.4, 0.5) is 5.69 Å². The maximum atomic E-state index is 10.9. The molecule has 0 radical (unpaired) electrons. The molecule has 0 heterocycles. The molecule has 0 aliphatic heterocycles. The second kappa shape index (κ2) is 3.72. The summed E-state index contributed by atoms with van der Waals surface area (Å²) >= 11 is 0. The largest absolute Gasteiger partial charge is 0.298 e. The average Bonchev–Trinajstić information content (AvgIpc) is 2.15. The van der Waals surface area contributed by atoms with Crippen molar-refractivity contribution >= 4 is 18.3 Å². The first kappa shape index (κ1) is 10.6. The van der Waals surface area contributed by atoms with Gasteiger partial charge in [-0.3, -0.25) is 14.1 Å². The smallest absolute Gasteiger partial charge is 0.156 e. The van der Waals surface area contributed by atoms with E-state index in [9.17, 15) is 9.59 Å². The molecule has 0 spiro atoms. The molecule has 0 saturated heterocycles. The van der Waals surface area contributed by atoms with Crippen molar-refractivity contribution in [3.05, 3.63) is 29.3 Å². The number of hydrogen-bond donors (Lipinski definition) is 0. The van der Waals surface area contributed by atoms with Gasteiger partial charge in [-0.1, -0.05) is 12.1 Å². The third-order valence-electron chi connectivity index (χ3n) is 2.08. The van der Waals surface area contributed by atoms with Crippen molar-refractivity contribution < 1.29 is 9.59 Å². The Labute approximate surface area is 83.5 Å². The summed E-state index contributed by atoms with van der Waals surface area (Å²) in [7, 11) is 5.87. The zero-order valence-corrected chi connectivity index (χ0v) is 8.65. The summed E-state index contributed by atoms with van der Waals surface area (Å²) in [4.78, 5) is 21.6. The van der Waals surface area contributed by atoms with Crippen molar-refractivity contribution in [3.63, 3.8) is 0 Å². The second-order valence-electron chi connectivity index (χ2n) is 4.03. The van der Waals surface area contributed by atoms with Crippen LogP contribution in [0, 0.1) is 0 Å². The number of rotatable bonds is 3. The Bertz CT molecular complexity index is 364. The summed E-state index contributed by atoms with van der Waals surface area (Å²) in [5.41, 5.74) is 1.78. The van der Waals surface area contributed by atoms with Crippen LogP contribution < -0.4 is 4.48 Å². The van der Waals surface area contributed by atoms with Gasteiger partial charge in [0.05, 0.1) is 26.7 Å². The first-order valence-electron chi connectivity index (χ1n) is 4.36. The lowest BCUT2D eigenvalue weighted by Crippen LogP contribution is -2.36. The van der Waals surface area contributed by atoms with E-state index in [4.69, 9.17) is 0 Å².